The Morgan fingerprint density at radius 2 is 2.10 bits per heavy atom. The van der Waals surface area contributed by atoms with Crippen LogP contribution in [0.2, 0.25) is 0 Å². The van der Waals surface area contributed by atoms with Crippen molar-refractivity contribution >= 4 is 5.84 Å². The molecule has 6 nitrogen and oxygen atoms in total. The molecule has 0 saturated carbocycles. The van der Waals surface area contributed by atoms with Gasteiger partial charge < -0.3 is 15.2 Å². The molecular formula is C15H20N4O2. The molecule has 0 amide bonds. The zero-order valence-corrected chi connectivity index (χ0v) is 12.5. The summed E-state index contributed by atoms with van der Waals surface area (Å²) in [5, 5.41) is 11.8. The summed E-state index contributed by atoms with van der Waals surface area (Å²) in [6.45, 7) is 4.50. The molecule has 21 heavy (non-hydrogen) atoms. The molecule has 1 aromatic carbocycles. The Kier molecular flexibility index (Phi) is 4.47. The Bertz CT molecular complexity index is 634. The second-order valence-corrected chi connectivity index (χ2v) is 4.95. The molecule has 2 rings (SSSR count). The van der Waals surface area contributed by atoms with Crippen molar-refractivity contribution < 1.29 is 9.47 Å². The van der Waals surface area contributed by atoms with Crippen molar-refractivity contribution in [2.24, 2.45) is 5.73 Å². The summed E-state index contributed by atoms with van der Waals surface area (Å²) in [6, 6.07) is 7.41. The van der Waals surface area contributed by atoms with Gasteiger partial charge in [0.2, 0.25) is 0 Å². The summed E-state index contributed by atoms with van der Waals surface area (Å²) < 4.78 is 12.9. The van der Waals surface area contributed by atoms with E-state index in [0.717, 1.165) is 5.69 Å². The Morgan fingerprint density at radius 1 is 1.33 bits per heavy atom. The van der Waals surface area contributed by atoms with Crippen LogP contribution < -0.4 is 15.2 Å². The quantitative estimate of drug-likeness (QED) is 0.631. The van der Waals surface area contributed by atoms with Gasteiger partial charge in [-0.25, -0.2) is 0 Å². The van der Waals surface area contributed by atoms with Gasteiger partial charge in [-0.3, -0.25) is 10.1 Å². The van der Waals surface area contributed by atoms with E-state index in [2.05, 4.69) is 18.9 Å². The number of ether oxygens (including phenoxy) is 2. The van der Waals surface area contributed by atoms with Gasteiger partial charge in [0.1, 0.15) is 12.4 Å². The number of hydrogen-bond donors (Lipinski definition) is 2. The summed E-state index contributed by atoms with van der Waals surface area (Å²) >= 11 is 0. The topological polar surface area (TPSA) is 86.1 Å². The van der Waals surface area contributed by atoms with E-state index in [-0.39, 0.29) is 5.84 Å². The first-order chi connectivity index (χ1) is 10.0. The monoisotopic (exact) mass is 288 g/mol. The third kappa shape index (κ3) is 3.53. The predicted octanol–water partition coefficient (Wildman–Crippen LogP) is 2.34. The Morgan fingerprint density at radius 3 is 2.67 bits per heavy atom. The molecule has 0 atom stereocenters. The van der Waals surface area contributed by atoms with Crippen LogP contribution in [-0.2, 0) is 6.61 Å². The van der Waals surface area contributed by atoms with Gasteiger partial charge in [0, 0.05) is 17.8 Å². The van der Waals surface area contributed by atoms with Gasteiger partial charge in [-0.1, -0.05) is 0 Å². The lowest BCUT2D eigenvalue weighted by Crippen LogP contribution is -2.11. The van der Waals surface area contributed by atoms with E-state index in [4.69, 9.17) is 20.6 Å². The largest absolute Gasteiger partial charge is 0.493 e. The van der Waals surface area contributed by atoms with E-state index in [1.54, 1.807) is 25.3 Å². The zero-order valence-electron chi connectivity index (χ0n) is 12.5. The molecule has 0 unspecified atom stereocenters. The molecule has 0 fully saturated rings. The maximum absolute atomic E-state index is 7.43. The van der Waals surface area contributed by atoms with Crippen molar-refractivity contribution in [1.82, 2.24) is 9.78 Å². The minimum atomic E-state index is -0.00414. The van der Waals surface area contributed by atoms with E-state index in [1.165, 1.54) is 0 Å². The van der Waals surface area contributed by atoms with Crippen molar-refractivity contribution in [2.45, 2.75) is 26.5 Å². The van der Waals surface area contributed by atoms with E-state index in [9.17, 15) is 0 Å². The maximum Gasteiger partial charge on any atom is 0.161 e. The molecule has 0 aliphatic carbocycles. The smallest absolute Gasteiger partial charge is 0.161 e. The average molecular weight is 288 g/mol. The molecule has 0 aliphatic heterocycles. The van der Waals surface area contributed by atoms with Crippen LogP contribution in [-0.4, -0.2) is 22.7 Å². The fourth-order valence-corrected chi connectivity index (χ4v) is 1.85. The van der Waals surface area contributed by atoms with E-state index in [0.29, 0.717) is 29.7 Å². The van der Waals surface area contributed by atoms with Crippen LogP contribution in [0.3, 0.4) is 0 Å². The van der Waals surface area contributed by atoms with Crippen molar-refractivity contribution in [1.29, 1.82) is 5.41 Å². The number of nitrogens with one attached hydrogen (secondary N) is 1. The molecule has 6 heteroatoms. The minimum Gasteiger partial charge on any atom is -0.493 e. The Hall–Kier alpha value is -2.50. The van der Waals surface area contributed by atoms with Gasteiger partial charge in [-0.05, 0) is 38.1 Å². The van der Waals surface area contributed by atoms with Crippen LogP contribution in [0.15, 0.2) is 30.5 Å². The highest BCUT2D eigenvalue weighted by Gasteiger charge is 2.09. The molecular weight excluding hydrogens is 268 g/mol. The Balaban J connectivity index is 2.10. The van der Waals surface area contributed by atoms with Gasteiger partial charge in [0.15, 0.2) is 11.5 Å². The van der Waals surface area contributed by atoms with E-state index >= 15 is 0 Å². The number of nitrogens with zero attached hydrogens (tertiary/aromatic N) is 2. The molecule has 0 aliphatic rings. The predicted molar refractivity (Wildman–Crippen MR) is 81.0 cm³/mol. The summed E-state index contributed by atoms with van der Waals surface area (Å²) in [7, 11) is 1.56. The van der Waals surface area contributed by atoms with Crippen LogP contribution in [0.4, 0.5) is 0 Å². The summed E-state index contributed by atoms with van der Waals surface area (Å²) in [5.41, 5.74) is 6.91. The number of methoxy groups -OCH3 is 1. The molecule has 1 heterocycles. The average Bonchev–Trinajstić information content (AvgIpc) is 2.93. The first-order valence-electron chi connectivity index (χ1n) is 6.70. The maximum atomic E-state index is 7.43. The van der Waals surface area contributed by atoms with Crippen molar-refractivity contribution in [3.05, 3.63) is 41.7 Å². The summed E-state index contributed by atoms with van der Waals surface area (Å²) in [4.78, 5) is 0. The van der Waals surface area contributed by atoms with E-state index in [1.807, 2.05) is 16.9 Å². The summed E-state index contributed by atoms with van der Waals surface area (Å²) in [6.07, 6.45) is 1.93. The number of amidine groups is 1. The molecule has 1 aromatic heterocycles. The first kappa shape index (κ1) is 14.9. The molecule has 0 radical (unpaired) electrons. The lowest BCUT2D eigenvalue weighted by molar-refractivity contribution is 0.279. The molecule has 3 N–H and O–H groups in total. The minimum absolute atomic E-state index is 0.00414. The normalized spacial score (nSPS) is 10.7. The first-order valence-corrected chi connectivity index (χ1v) is 6.70. The highest BCUT2D eigenvalue weighted by Crippen LogP contribution is 2.28. The summed E-state index contributed by atoms with van der Waals surface area (Å²) in [5.74, 6) is 1.14. The van der Waals surface area contributed by atoms with Gasteiger partial charge >= 0.3 is 0 Å². The number of benzene rings is 1. The highest BCUT2D eigenvalue weighted by molar-refractivity contribution is 5.95. The number of nitrogens with two attached hydrogens (primary N) is 1. The van der Waals surface area contributed by atoms with Gasteiger partial charge in [0.05, 0.1) is 12.8 Å². The lowest BCUT2D eigenvalue weighted by Gasteiger charge is -2.11. The second-order valence-electron chi connectivity index (χ2n) is 4.95. The number of hydrogen-bond acceptors (Lipinski definition) is 4. The molecule has 112 valence electrons. The zero-order chi connectivity index (χ0) is 15.4. The fourth-order valence-electron chi connectivity index (χ4n) is 1.85. The number of nitrogen functional groups attached to an aromatic ring is 1. The number of rotatable bonds is 6. The Labute approximate surface area is 124 Å². The third-order valence-corrected chi connectivity index (χ3v) is 3.04. The van der Waals surface area contributed by atoms with Gasteiger partial charge in [0.25, 0.3) is 0 Å². The van der Waals surface area contributed by atoms with Crippen LogP contribution >= 0.6 is 0 Å². The number of aromatic nitrogens is 2. The van der Waals surface area contributed by atoms with E-state index < -0.39 is 0 Å². The second kappa shape index (κ2) is 6.30. The SMILES string of the molecule is COc1cc(C(=N)N)ccc1OCc1ccn(C(C)C)n1. The third-order valence-electron chi connectivity index (χ3n) is 3.04. The van der Waals surface area contributed by atoms with Crippen molar-refractivity contribution in [3.8, 4) is 11.5 Å². The van der Waals surface area contributed by atoms with Crippen LogP contribution in [0.1, 0.15) is 31.1 Å². The van der Waals surface area contributed by atoms with Crippen LogP contribution in [0.25, 0.3) is 0 Å². The van der Waals surface area contributed by atoms with Gasteiger partial charge in [-0.2, -0.15) is 5.10 Å². The lowest BCUT2D eigenvalue weighted by atomic mass is 10.2. The standard InChI is InChI=1S/C15H20N4O2/c1-10(2)19-7-6-12(18-19)9-21-13-5-4-11(15(16)17)8-14(13)20-3/h4-8,10H,9H2,1-3H3,(H3,16,17). The van der Waals surface area contributed by atoms with Gasteiger partial charge in [-0.15, -0.1) is 0 Å². The molecule has 0 spiro atoms. The van der Waals surface area contributed by atoms with Crippen LogP contribution in [0.5, 0.6) is 11.5 Å². The molecule has 2 aromatic rings. The van der Waals surface area contributed by atoms with Crippen LogP contribution in [0, 0.1) is 5.41 Å². The van der Waals surface area contributed by atoms with Crippen molar-refractivity contribution in [3.63, 3.8) is 0 Å². The highest BCUT2D eigenvalue weighted by atomic mass is 16.5. The molecule has 0 saturated heterocycles. The fraction of sp³-hybridized carbons (Fsp3) is 0.333. The molecule has 0 bridgehead atoms. The van der Waals surface area contributed by atoms with Crippen molar-refractivity contribution in [2.75, 3.05) is 7.11 Å².